The predicted octanol–water partition coefficient (Wildman–Crippen LogP) is 19.8. The van der Waals surface area contributed by atoms with Crippen molar-refractivity contribution in [1.82, 2.24) is 23.1 Å². The smallest absolute Gasteiger partial charge is 0.0579 e. The van der Waals surface area contributed by atoms with E-state index in [1.807, 2.05) is 12.1 Å². The number of pyridine rings is 1. The number of rotatable bonds is 8. The summed E-state index contributed by atoms with van der Waals surface area (Å²) in [6.07, 6.45) is 1.74. The van der Waals surface area contributed by atoms with Crippen LogP contribution in [0.3, 0.4) is 0 Å². The number of nitrogens with zero attached hydrogens (tertiary/aromatic N) is 5. The minimum atomic E-state index is -2.45. The molecule has 0 aliphatic carbocycles. The number of aromatic nitrogens is 5. The molecule has 10 aromatic carbocycles. The fourth-order valence-corrected chi connectivity index (χ4v) is 13.7. The molecule has 5 heterocycles. The second-order valence-corrected chi connectivity index (χ2v) is 24.8. The number of benzene rings is 10. The topological polar surface area (TPSA) is 41.3 Å². The summed E-state index contributed by atoms with van der Waals surface area (Å²) in [5, 5.41) is 6.75. The summed E-state index contributed by atoms with van der Waals surface area (Å²) in [5.41, 5.74) is 17.4. The van der Waals surface area contributed by atoms with E-state index in [2.05, 4.69) is 285 Å². The molecule has 0 radical (unpaired) electrons. The van der Waals surface area contributed by atoms with E-state index < -0.39 is 6.85 Å². The van der Waals surface area contributed by atoms with E-state index in [-0.39, 0.29) is 16.4 Å². The second kappa shape index (κ2) is 18.7. The molecule has 7 heteroatoms. The molecule has 15 rings (SSSR count). The predicted molar refractivity (Wildman–Crippen MR) is 338 cm³/mol. The van der Waals surface area contributed by atoms with Gasteiger partial charge in [-0.1, -0.05) is 81.4 Å². The summed E-state index contributed by atoms with van der Waals surface area (Å²) in [6.45, 7) is 10.8. The Labute approximate surface area is 491 Å². The molecule has 0 aliphatic heterocycles. The third-order valence-electron chi connectivity index (χ3n) is 16.6. The van der Waals surface area contributed by atoms with Crippen LogP contribution in [0.15, 0.2) is 231 Å². The number of para-hydroxylation sites is 5. The maximum absolute atomic E-state index is 9.01. The molecule has 0 N–H and O–H groups in total. The van der Waals surface area contributed by atoms with Crippen LogP contribution >= 0.6 is 0 Å². The third-order valence-corrected chi connectivity index (χ3v) is 17.7. The van der Waals surface area contributed by atoms with Crippen molar-refractivity contribution in [2.24, 2.45) is 0 Å². The molecule has 0 saturated heterocycles. The standard InChI is InChI=1S/C75H59N5O.Pt/c1-47-38-71(76-45-64(47)50-32-34-51(35-33-50)74(2,3)4)79-68-42-54(36-37-59(68)62-43-63-61-28-19-27-60-58-24-14-15-29-65(58)80(73(60)61)70(63)44-69(62)79)81-55-40-52(75(5,6)7)39-53(41-55)77-46-78(67-31-17-16-30-66(67)77)72-56(48-20-10-8-11-21-48)25-18-26-57(72)49-22-12-9-13-23-49;/h8-45H,1-7H3;/i1D3;. The Morgan fingerprint density at radius 3 is 1.67 bits per heavy atom. The summed E-state index contributed by atoms with van der Waals surface area (Å²) < 4.78 is 44.5. The van der Waals surface area contributed by atoms with Gasteiger partial charge in [0.15, 0.2) is 0 Å². The average Bonchev–Trinajstić information content (AvgIpc) is 1.76. The monoisotopic (exact) mass is 1240 g/mol. The zero-order valence-electron chi connectivity index (χ0n) is 49.4. The zero-order valence-corrected chi connectivity index (χ0v) is 48.7. The van der Waals surface area contributed by atoms with Crippen LogP contribution in [0.25, 0.3) is 122 Å². The second-order valence-electron chi connectivity index (χ2n) is 23.8. The number of ether oxygens (including phenoxy) is 1. The van der Waals surface area contributed by atoms with Crippen LogP contribution in [0.2, 0.25) is 0 Å². The SMILES string of the molecule is [2H]C([2H])([2H])c1cc(-n2c3cc(Oc4cc(-n5[c](=[Pt])n(-c6c(-c7ccccc7)cccc6-c6ccccc6)c6ccccc65)cc(C(C)(C)C)c4)ccc3c3cc4c5cccc6c7ccccc7n(c4cc32)c65)ncc1-c1ccc(C(C)(C)C)cc1. The van der Waals surface area contributed by atoms with Crippen LogP contribution in [0.4, 0.5) is 0 Å². The molecule has 5 aromatic heterocycles. The summed E-state index contributed by atoms with van der Waals surface area (Å²) >= 11 is 2.51. The van der Waals surface area contributed by atoms with Gasteiger partial charge in [0.1, 0.15) is 0 Å². The Balaban J connectivity index is 0.934. The van der Waals surface area contributed by atoms with Crippen molar-refractivity contribution >= 4 is 70.9 Å². The van der Waals surface area contributed by atoms with Crippen LogP contribution in [-0.4, -0.2) is 23.1 Å². The van der Waals surface area contributed by atoms with E-state index in [9.17, 15) is 0 Å². The van der Waals surface area contributed by atoms with Crippen molar-refractivity contribution in [3.05, 3.63) is 251 Å². The first-order valence-corrected chi connectivity index (χ1v) is 29.1. The van der Waals surface area contributed by atoms with Crippen molar-refractivity contribution in [3.8, 4) is 62.1 Å². The van der Waals surface area contributed by atoms with Gasteiger partial charge in [-0.05, 0) is 35.0 Å². The van der Waals surface area contributed by atoms with E-state index in [1.165, 1.54) is 27.2 Å². The van der Waals surface area contributed by atoms with Crippen molar-refractivity contribution in [2.75, 3.05) is 0 Å². The van der Waals surface area contributed by atoms with Crippen molar-refractivity contribution in [2.45, 2.75) is 59.2 Å². The van der Waals surface area contributed by atoms with Gasteiger partial charge in [-0.2, -0.15) is 0 Å². The first-order chi connectivity index (χ1) is 41.0. The van der Waals surface area contributed by atoms with Gasteiger partial charge in [-0.3, -0.25) is 0 Å². The first kappa shape index (κ1) is 46.6. The summed E-state index contributed by atoms with van der Waals surface area (Å²) in [5.74, 6) is 1.81. The van der Waals surface area contributed by atoms with Crippen LogP contribution in [-0.2, 0) is 30.2 Å². The van der Waals surface area contributed by atoms with Crippen LogP contribution in [0.1, 0.15) is 62.3 Å². The molecular weight excluding hydrogens is 1180 g/mol. The normalized spacial score (nSPS) is 13.1. The molecule has 0 aliphatic rings. The van der Waals surface area contributed by atoms with Crippen LogP contribution in [0, 0.1) is 10.7 Å². The minimum Gasteiger partial charge on any atom is -0.0579 e. The number of hydrogen-bond donors (Lipinski definition) is 0. The number of aryl methyl sites for hydroxylation is 1. The van der Waals surface area contributed by atoms with Gasteiger partial charge in [0, 0.05) is 37.4 Å². The molecule has 82 heavy (non-hydrogen) atoms. The van der Waals surface area contributed by atoms with Gasteiger partial charge in [-0.25, -0.2) is 0 Å². The third kappa shape index (κ3) is 7.94. The minimum absolute atomic E-state index is 0.0615. The molecule has 0 fully saturated rings. The summed E-state index contributed by atoms with van der Waals surface area (Å²) in [6, 6.07) is 79.2. The molecule has 0 atom stereocenters. The fourth-order valence-electron chi connectivity index (χ4n) is 12.6. The van der Waals surface area contributed by atoms with E-state index in [4.69, 9.17) is 13.8 Å². The van der Waals surface area contributed by atoms with Gasteiger partial charge >= 0.3 is 320 Å². The molecular formula is C75H59N5OPt. The molecule has 6 nitrogen and oxygen atoms in total. The summed E-state index contributed by atoms with van der Waals surface area (Å²) in [7, 11) is 0. The van der Waals surface area contributed by atoms with Crippen molar-refractivity contribution in [3.63, 3.8) is 0 Å². The quantitative estimate of drug-likeness (QED) is 0.152. The zero-order chi connectivity index (χ0) is 58.3. The van der Waals surface area contributed by atoms with E-state index in [0.717, 1.165) is 97.8 Å². The van der Waals surface area contributed by atoms with E-state index in [1.54, 1.807) is 12.3 Å². The van der Waals surface area contributed by atoms with Crippen molar-refractivity contribution in [1.29, 1.82) is 0 Å². The van der Waals surface area contributed by atoms with Crippen LogP contribution in [0.5, 0.6) is 11.5 Å². The first-order valence-electron chi connectivity index (χ1n) is 29.5. The Hall–Kier alpha value is -9.09. The van der Waals surface area contributed by atoms with Gasteiger partial charge in [0.2, 0.25) is 0 Å². The van der Waals surface area contributed by atoms with Crippen LogP contribution < -0.4 is 4.74 Å². The molecule has 0 saturated carbocycles. The molecule has 0 amide bonds. The van der Waals surface area contributed by atoms with Gasteiger partial charge in [-0.15, -0.1) is 0 Å². The van der Waals surface area contributed by atoms with E-state index >= 15 is 0 Å². The van der Waals surface area contributed by atoms with Gasteiger partial charge in [0.05, 0.1) is 16.6 Å². The maximum atomic E-state index is 9.01. The van der Waals surface area contributed by atoms with E-state index in [0.29, 0.717) is 22.9 Å². The Morgan fingerprint density at radius 2 is 0.988 bits per heavy atom. The molecule has 0 bridgehead atoms. The molecule has 15 aromatic rings. The molecule has 0 unspecified atom stereocenters. The van der Waals surface area contributed by atoms with Crippen molar-refractivity contribution < 1.29 is 28.2 Å². The molecule has 0 spiro atoms. The fraction of sp³-hybridized carbons (Fsp3) is 0.120. The van der Waals surface area contributed by atoms with Gasteiger partial charge in [0.25, 0.3) is 0 Å². The Kier molecular flexibility index (Phi) is 10.7. The average molecular weight is 1240 g/mol. The Morgan fingerprint density at radius 1 is 0.415 bits per heavy atom. The number of imidazole rings is 1. The molecule has 400 valence electrons. The van der Waals surface area contributed by atoms with Gasteiger partial charge < -0.3 is 4.40 Å². The Bertz CT molecular complexity index is 5170. The number of hydrogen-bond acceptors (Lipinski definition) is 2. The number of fused-ring (bicyclic) bond motifs is 10. The summed E-state index contributed by atoms with van der Waals surface area (Å²) in [4.78, 5) is 5.21.